The molecule has 0 unspecified atom stereocenters. The highest BCUT2D eigenvalue weighted by Gasteiger charge is 2.40. The van der Waals surface area contributed by atoms with Crippen molar-refractivity contribution in [3.05, 3.63) is 23.8 Å². The van der Waals surface area contributed by atoms with Gasteiger partial charge in [0.1, 0.15) is 5.75 Å². The summed E-state index contributed by atoms with van der Waals surface area (Å²) >= 11 is 0. The van der Waals surface area contributed by atoms with Crippen LogP contribution in [0.3, 0.4) is 0 Å². The number of nitrogens with zero attached hydrogens (tertiary/aromatic N) is 1. The third-order valence-corrected chi connectivity index (χ3v) is 5.43. The lowest BCUT2D eigenvalue weighted by Gasteiger charge is -2.49. The number of piperazine rings is 1. The monoisotopic (exact) mass is 367 g/mol. The molecule has 1 aliphatic carbocycles. The Morgan fingerprint density at radius 1 is 1.32 bits per heavy atom. The van der Waals surface area contributed by atoms with Gasteiger partial charge in [0, 0.05) is 25.2 Å². The Bertz CT molecular complexity index is 580. The largest absolute Gasteiger partial charge is 0.495 e. The second-order valence-electron chi connectivity index (χ2n) is 7.14. The van der Waals surface area contributed by atoms with Gasteiger partial charge in [0.05, 0.1) is 19.3 Å². The molecule has 1 heterocycles. The number of anilines is 1. The van der Waals surface area contributed by atoms with Crippen molar-refractivity contribution in [1.82, 2.24) is 10.2 Å². The van der Waals surface area contributed by atoms with Gasteiger partial charge < -0.3 is 15.4 Å². The fraction of sp³-hybridized carbons (Fsp3) is 0.632. The number of carbonyl (C=O) groups is 1. The molecule has 1 aromatic rings. The van der Waals surface area contributed by atoms with Crippen molar-refractivity contribution < 1.29 is 9.53 Å². The first-order valence-electron chi connectivity index (χ1n) is 9.03. The van der Waals surface area contributed by atoms with Gasteiger partial charge in [0.25, 0.3) is 0 Å². The van der Waals surface area contributed by atoms with Crippen molar-refractivity contribution in [2.75, 3.05) is 38.6 Å². The van der Waals surface area contributed by atoms with Crippen LogP contribution in [0.15, 0.2) is 18.2 Å². The lowest BCUT2D eigenvalue weighted by atomic mass is 9.79. The number of rotatable bonds is 4. The zero-order valence-corrected chi connectivity index (χ0v) is 16.1. The molecule has 1 saturated carbocycles. The van der Waals surface area contributed by atoms with E-state index in [-0.39, 0.29) is 23.9 Å². The number of hydrogen-bond acceptors (Lipinski definition) is 4. The molecule has 5 nitrogen and oxygen atoms in total. The number of amides is 1. The number of carbonyl (C=O) groups excluding carboxylic acids is 1. The molecule has 0 aromatic heterocycles. The van der Waals surface area contributed by atoms with E-state index in [1.54, 1.807) is 7.11 Å². The van der Waals surface area contributed by atoms with Crippen LogP contribution in [0.5, 0.6) is 5.75 Å². The summed E-state index contributed by atoms with van der Waals surface area (Å²) in [7, 11) is 1.63. The summed E-state index contributed by atoms with van der Waals surface area (Å²) in [6.07, 6.45) is 6.25. The van der Waals surface area contributed by atoms with E-state index < -0.39 is 0 Å². The lowest BCUT2D eigenvalue weighted by molar-refractivity contribution is -0.120. The Kier molecular flexibility index (Phi) is 7.11. The zero-order chi connectivity index (χ0) is 17.0. The number of ether oxygens (including phenoxy) is 1. The predicted molar refractivity (Wildman–Crippen MR) is 104 cm³/mol. The minimum Gasteiger partial charge on any atom is -0.495 e. The van der Waals surface area contributed by atoms with Gasteiger partial charge in [0.2, 0.25) is 5.91 Å². The van der Waals surface area contributed by atoms with Crippen LogP contribution in [0.2, 0.25) is 0 Å². The Hall–Kier alpha value is -1.30. The first kappa shape index (κ1) is 20.0. The van der Waals surface area contributed by atoms with Gasteiger partial charge >= 0.3 is 0 Å². The highest BCUT2D eigenvalue weighted by molar-refractivity contribution is 5.93. The standard InChI is InChI=1S/C19H29N3O2.ClH/c1-15-6-7-17(24-2)16(12-15)21-18(23)13-22-11-10-20-14-19(22)8-4-3-5-9-19;/h6-7,12,20H,3-5,8-11,13-14H2,1-2H3,(H,21,23);1H. The maximum Gasteiger partial charge on any atom is 0.238 e. The van der Waals surface area contributed by atoms with Crippen LogP contribution in [-0.2, 0) is 4.79 Å². The molecule has 0 radical (unpaired) electrons. The fourth-order valence-electron chi connectivity index (χ4n) is 4.12. The quantitative estimate of drug-likeness (QED) is 0.859. The number of halogens is 1. The van der Waals surface area contributed by atoms with E-state index in [9.17, 15) is 4.79 Å². The molecule has 6 heteroatoms. The van der Waals surface area contributed by atoms with Crippen molar-refractivity contribution in [2.45, 2.75) is 44.6 Å². The molecule has 3 rings (SSSR count). The van der Waals surface area contributed by atoms with Gasteiger partial charge in [0.15, 0.2) is 0 Å². The van der Waals surface area contributed by atoms with Crippen molar-refractivity contribution in [3.8, 4) is 5.75 Å². The predicted octanol–water partition coefficient (Wildman–Crippen LogP) is 2.97. The van der Waals surface area contributed by atoms with E-state index in [1.165, 1.54) is 32.1 Å². The van der Waals surface area contributed by atoms with Gasteiger partial charge in [-0.2, -0.15) is 0 Å². The second kappa shape index (κ2) is 8.88. The highest BCUT2D eigenvalue weighted by Crippen LogP contribution is 2.34. The van der Waals surface area contributed by atoms with Crippen LogP contribution in [0.4, 0.5) is 5.69 Å². The summed E-state index contributed by atoms with van der Waals surface area (Å²) < 4.78 is 5.36. The molecular weight excluding hydrogens is 338 g/mol. The number of benzene rings is 1. The number of methoxy groups -OCH3 is 1. The number of aryl methyl sites for hydroxylation is 1. The molecule has 2 aliphatic rings. The van der Waals surface area contributed by atoms with E-state index >= 15 is 0 Å². The summed E-state index contributed by atoms with van der Waals surface area (Å²) in [5.41, 5.74) is 2.04. The van der Waals surface area contributed by atoms with Crippen LogP contribution in [-0.4, -0.2) is 49.6 Å². The first-order valence-corrected chi connectivity index (χ1v) is 9.03. The maximum atomic E-state index is 12.7. The molecular formula is C19H30ClN3O2. The Balaban J connectivity index is 0.00000225. The summed E-state index contributed by atoms with van der Waals surface area (Å²) in [6, 6.07) is 5.85. The van der Waals surface area contributed by atoms with Crippen LogP contribution in [0.25, 0.3) is 0 Å². The topological polar surface area (TPSA) is 53.6 Å². The summed E-state index contributed by atoms with van der Waals surface area (Å²) in [6.45, 7) is 5.39. The molecule has 0 bridgehead atoms. The van der Waals surface area contributed by atoms with Gasteiger partial charge in [-0.25, -0.2) is 0 Å². The molecule has 1 amide bonds. The highest BCUT2D eigenvalue weighted by atomic mass is 35.5. The summed E-state index contributed by atoms with van der Waals surface area (Å²) in [4.78, 5) is 15.1. The maximum absolute atomic E-state index is 12.7. The van der Waals surface area contributed by atoms with Crippen molar-refractivity contribution >= 4 is 24.0 Å². The Labute approximate surface area is 156 Å². The number of nitrogens with one attached hydrogen (secondary N) is 2. The zero-order valence-electron chi connectivity index (χ0n) is 15.3. The van der Waals surface area contributed by atoms with Crippen molar-refractivity contribution in [3.63, 3.8) is 0 Å². The van der Waals surface area contributed by atoms with Gasteiger partial charge in [-0.05, 0) is 37.5 Å². The number of hydrogen-bond donors (Lipinski definition) is 2. The van der Waals surface area contributed by atoms with Crippen LogP contribution >= 0.6 is 12.4 Å². The molecule has 1 aliphatic heterocycles. The Morgan fingerprint density at radius 3 is 2.80 bits per heavy atom. The van der Waals surface area contributed by atoms with Crippen LogP contribution < -0.4 is 15.4 Å². The molecule has 1 aromatic carbocycles. The van der Waals surface area contributed by atoms with Crippen molar-refractivity contribution in [1.29, 1.82) is 0 Å². The normalized spacial score (nSPS) is 19.9. The smallest absolute Gasteiger partial charge is 0.238 e. The van der Waals surface area contributed by atoms with Crippen LogP contribution in [0.1, 0.15) is 37.7 Å². The van der Waals surface area contributed by atoms with E-state index in [1.807, 2.05) is 25.1 Å². The summed E-state index contributed by atoms with van der Waals surface area (Å²) in [5, 5.41) is 6.58. The van der Waals surface area contributed by atoms with E-state index in [4.69, 9.17) is 4.74 Å². The lowest BCUT2D eigenvalue weighted by Crippen LogP contribution is -2.63. The SMILES string of the molecule is COc1ccc(C)cc1NC(=O)CN1CCNCC12CCCCC2.Cl. The van der Waals surface area contributed by atoms with Gasteiger partial charge in [-0.1, -0.05) is 25.3 Å². The molecule has 2 fully saturated rings. The van der Waals surface area contributed by atoms with E-state index in [2.05, 4.69) is 15.5 Å². The van der Waals surface area contributed by atoms with Gasteiger partial charge in [-0.15, -0.1) is 12.4 Å². The molecule has 0 atom stereocenters. The van der Waals surface area contributed by atoms with E-state index in [0.29, 0.717) is 12.3 Å². The minimum atomic E-state index is 0. The first-order chi connectivity index (χ1) is 11.6. The third-order valence-electron chi connectivity index (χ3n) is 5.43. The Morgan fingerprint density at radius 2 is 2.08 bits per heavy atom. The summed E-state index contributed by atoms with van der Waals surface area (Å²) in [5.74, 6) is 0.757. The molecule has 2 N–H and O–H groups in total. The molecule has 140 valence electrons. The third kappa shape index (κ3) is 4.66. The average Bonchev–Trinajstić information content (AvgIpc) is 2.58. The fourth-order valence-corrected chi connectivity index (χ4v) is 4.12. The van der Waals surface area contributed by atoms with Crippen molar-refractivity contribution in [2.24, 2.45) is 0 Å². The molecule has 1 spiro atoms. The molecule has 25 heavy (non-hydrogen) atoms. The average molecular weight is 368 g/mol. The van der Waals surface area contributed by atoms with Crippen LogP contribution in [0, 0.1) is 6.92 Å². The second-order valence-corrected chi connectivity index (χ2v) is 7.14. The van der Waals surface area contributed by atoms with Gasteiger partial charge in [-0.3, -0.25) is 9.69 Å². The molecule has 1 saturated heterocycles. The van der Waals surface area contributed by atoms with E-state index in [0.717, 1.165) is 30.9 Å². The minimum absolute atomic E-state index is 0.